The molecule has 0 heterocycles. The second kappa shape index (κ2) is 2.49. The zero-order valence-electron chi connectivity index (χ0n) is 6.66. The first-order valence-electron chi connectivity index (χ1n) is 4.46. The van der Waals surface area contributed by atoms with Crippen LogP contribution in [0.4, 0.5) is 0 Å². The molecule has 2 aliphatic rings. The van der Waals surface area contributed by atoms with Gasteiger partial charge in [0, 0.05) is 0 Å². The molecule has 0 aromatic rings. The monoisotopic (exact) mass is 150 g/mol. The first kappa shape index (κ1) is 7.12. The molecule has 2 rings (SSSR count). The quantitative estimate of drug-likeness (QED) is 0.609. The average molecular weight is 150 g/mol. The molecule has 4 unspecified atom stereocenters. The minimum absolute atomic E-state index is 0.291. The van der Waals surface area contributed by atoms with Gasteiger partial charge in [0.05, 0.1) is 12.0 Å². The van der Waals surface area contributed by atoms with E-state index in [0.29, 0.717) is 17.8 Å². The van der Waals surface area contributed by atoms with Crippen molar-refractivity contribution < 1.29 is 0 Å². The maximum atomic E-state index is 8.88. The summed E-state index contributed by atoms with van der Waals surface area (Å²) in [6.07, 6.45) is 3.88. The molecule has 11 heavy (non-hydrogen) atoms. The molecule has 2 saturated carbocycles. The molecular weight excluding hydrogens is 136 g/mol. The molecule has 0 aromatic carbocycles. The fourth-order valence-electron chi connectivity index (χ4n) is 2.95. The Morgan fingerprint density at radius 2 is 2.09 bits per heavy atom. The molecule has 2 fully saturated rings. The summed E-state index contributed by atoms with van der Waals surface area (Å²) in [6, 6.07) is 2.42. The fourth-order valence-corrected chi connectivity index (χ4v) is 2.95. The van der Waals surface area contributed by atoms with Crippen molar-refractivity contribution in [1.82, 2.24) is 0 Å². The van der Waals surface area contributed by atoms with E-state index >= 15 is 0 Å². The average Bonchev–Trinajstić information content (AvgIpc) is 2.60. The summed E-state index contributed by atoms with van der Waals surface area (Å²) in [5, 5.41) is 8.88. The van der Waals surface area contributed by atoms with Crippen LogP contribution in [0.1, 0.15) is 19.3 Å². The van der Waals surface area contributed by atoms with Crippen LogP contribution < -0.4 is 5.73 Å². The molecule has 0 aromatic heterocycles. The molecule has 0 radical (unpaired) electrons. The van der Waals surface area contributed by atoms with Crippen LogP contribution in [0.5, 0.6) is 0 Å². The van der Waals surface area contributed by atoms with Crippen molar-refractivity contribution in [3.8, 4) is 6.07 Å². The maximum Gasteiger partial charge on any atom is 0.0662 e. The summed E-state index contributed by atoms with van der Waals surface area (Å²) in [5.41, 5.74) is 5.64. The highest BCUT2D eigenvalue weighted by Crippen LogP contribution is 2.51. The topological polar surface area (TPSA) is 49.8 Å². The Bertz CT molecular complexity index is 194. The number of nitrogens with zero attached hydrogens (tertiary/aromatic N) is 1. The summed E-state index contributed by atoms with van der Waals surface area (Å²) in [5.74, 6) is 2.30. The van der Waals surface area contributed by atoms with E-state index in [9.17, 15) is 0 Å². The SMILES string of the molecule is N#CC1C2CCC(C2)C1CN. The van der Waals surface area contributed by atoms with Crippen LogP contribution >= 0.6 is 0 Å². The number of nitrogens with two attached hydrogens (primary N) is 1. The molecule has 2 heteroatoms. The van der Waals surface area contributed by atoms with Gasteiger partial charge in [0.1, 0.15) is 0 Å². The van der Waals surface area contributed by atoms with Crippen molar-refractivity contribution >= 4 is 0 Å². The van der Waals surface area contributed by atoms with Crippen molar-refractivity contribution in [2.75, 3.05) is 6.54 Å². The summed E-state index contributed by atoms with van der Waals surface area (Å²) in [6.45, 7) is 0.722. The van der Waals surface area contributed by atoms with Gasteiger partial charge in [-0.2, -0.15) is 5.26 Å². The van der Waals surface area contributed by atoms with Gasteiger partial charge in [-0.05, 0) is 43.6 Å². The Morgan fingerprint density at radius 1 is 1.36 bits per heavy atom. The van der Waals surface area contributed by atoms with Crippen LogP contribution in [0.2, 0.25) is 0 Å². The van der Waals surface area contributed by atoms with E-state index in [2.05, 4.69) is 6.07 Å². The summed E-state index contributed by atoms with van der Waals surface area (Å²) in [7, 11) is 0. The molecular formula is C9H14N2. The molecule has 0 saturated heterocycles. The van der Waals surface area contributed by atoms with Gasteiger partial charge in [-0.15, -0.1) is 0 Å². The zero-order valence-corrected chi connectivity index (χ0v) is 6.66. The Morgan fingerprint density at radius 3 is 2.64 bits per heavy atom. The molecule has 2 nitrogen and oxygen atoms in total. The molecule has 60 valence electrons. The fraction of sp³-hybridized carbons (Fsp3) is 0.889. The van der Waals surface area contributed by atoms with Crippen molar-refractivity contribution in [3.63, 3.8) is 0 Å². The molecule has 4 atom stereocenters. The molecule has 2 N–H and O–H groups in total. The summed E-state index contributed by atoms with van der Waals surface area (Å²) in [4.78, 5) is 0. The Kier molecular flexibility index (Phi) is 1.61. The second-order valence-electron chi connectivity index (χ2n) is 3.89. The van der Waals surface area contributed by atoms with Crippen molar-refractivity contribution in [3.05, 3.63) is 0 Å². The number of rotatable bonds is 1. The maximum absolute atomic E-state index is 8.88. The van der Waals surface area contributed by atoms with Gasteiger partial charge >= 0.3 is 0 Å². The van der Waals surface area contributed by atoms with E-state index in [1.165, 1.54) is 19.3 Å². The predicted octanol–water partition coefficient (Wildman–Crippen LogP) is 1.13. The lowest BCUT2D eigenvalue weighted by molar-refractivity contribution is 0.279. The minimum atomic E-state index is 0.291. The van der Waals surface area contributed by atoms with Gasteiger partial charge in [0.15, 0.2) is 0 Å². The lowest BCUT2D eigenvalue weighted by Gasteiger charge is -2.24. The standard InChI is InChI=1S/C9H14N2/c10-4-8-6-1-2-7(3-6)9(8)5-11/h6-9H,1-4,10H2. The lowest BCUT2D eigenvalue weighted by Crippen LogP contribution is -2.27. The minimum Gasteiger partial charge on any atom is -0.330 e. The molecule has 0 amide bonds. The van der Waals surface area contributed by atoms with Gasteiger partial charge in [-0.1, -0.05) is 0 Å². The van der Waals surface area contributed by atoms with E-state index in [4.69, 9.17) is 11.0 Å². The van der Waals surface area contributed by atoms with Gasteiger partial charge in [0.2, 0.25) is 0 Å². The number of fused-ring (bicyclic) bond motifs is 2. The zero-order chi connectivity index (χ0) is 7.84. The van der Waals surface area contributed by atoms with Gasteiger partial charge in [-0.25, -0.2) is 0 Å². The number of hydrogen-bond acceptors (Lipinski definition) is 2. The van der Waals surface area contributed by atoms with Crippen LogP contribution in [-0.2, 0) is 0 Å². The van der Waals surface area contributed by atoms with Crippen LogP contribution in [0, 0.1) is 35.0 Å². The number of hydrogen-bond donors (Lipinski definition) is 1. The van der Waals surface area contributed by atoms with E-state index in [-0.39, 0.29) is 0 Å². The second-order valence-corrected chi connectivity index (χ2v) is 3.89. The smallest absolute Gasteiger partial charge is 0.0662 e. The molecule has 0 aliphatic heterocycles. The van der Waals surface area contributed by atoms with Crippen molar-refractivity contribution in [1.29, 1.82) is 5.26 Å². The van der Waals surface area contributed by atoms with Gasteiger partial charge in [-0.3, -0.25) is 0 Å². The van der Waals surface area contributed by atoms with E-state index in [0.717, 1.165) is 12.5 Å². The highest BCUT2D eigenvalue weighted by atomic mass is 14.6. The van der Waals surface area contributed by atoms with E-state index in [1.807, 2.05) is 0 Å². The Hall–Kier alpha value is -0.550. The summed E-state index contributed by atoms with van der Waals surface area (Å²) >= 11 is 0. The van der Waals surface area contributed by atoms with Crippen LogP contribution in [0.3, 0.4) is 0 Å². The van der Waals surface area contributed by atoms with Gasteiger partial charge in [0.25, 0.3) is 0 Å². The molecule has 2 bridgehead atoms. The third-order valence-electron chi connectivity index (χ3n) is 3.51. The van der Waals surface area contributed by atoms with E-state index < -0.39 is 0 Å². The Balaban J connectivity index is 2.15. The lowest BCUT2D eigenvalue weighted by atomic mass is 9.80. The van der Waals surface area contributed by atoms with Crippen LogP contribution in [0.25, 0.3) is 0 Å². The third kappa shape index (κ3) is 0.877. The first-order valence-corrected chi connectivity index (χ1v) is 4.46. The molecule has 2 aliphatic carbocycles. The normalized spacial score (nSPS) is 47.6. The predicted molar refractivity (Wildman–Crippen MR) is 42.5 cm³/mol. The highest BCUT2D eigenvalue weighted by molar-refractivity contribution is 5.05. The molecule has 0 spiro atoms. The largest absolute Gasteiger partial charge is 0.330 e. The van der Waals surface area contributed by atoms with Crippen molar-refractivity contribution in [2.45, 2.75) is 19.3 Å². The number of nitriles is 1. The van der Waals surface area contributed by atoms with E-state index in [1.54, 1.807) is 0 Å². The highest BCUT2D eigenvalue weighted by Gasteiger charge is 2.46. The van der Waals surface area contributed by atoms with Crippen molar-refractivity contribution in [2.24, 2.45) is 29.4 Å². The third-order valence-corrected chi connectivity index (χ3v) is 3.51. The Labute approximate surface area is 67.4 Å². The van der Waals surface area contributed by atoms with Crippen LogP contribution in [0.15, 0.2) is 0 Å². The summed E-state index contributed by atoms with van der Waals surface area (Å²) < 4.78 is 0. The van der Waals surface area contributed by atoms with Gasteiger partial charge < -0.3 is 5.73 Å². The first-order chi connectivity index (χ1) is 5.36. The van der Waals surface area contributed by atoms with Crippen LogP contribution in [-0.4, -0.2) is 6.54 Å².